The molecule has 2 rings (SSSR count). The largest absolute Gasteiger partial charge is 0.401 e. The molecule has 1 fully saturated rings. The SMILES string of the molecule is CC1CN(CC(O)c2ccc(F)cc2)CCN1CC(F)(F)F. The van der Waals surface area contributed by atoms with Crippen LogP contribution in [0.5, 0.6) is 0 Å². The van der Waals surface area contributed by atoms with Crippen molar-refractivity contribution < 1.29 is 22.7 Å². The van der Waals surface area contributed by atoms with Gasteiger partial charge in [-0.05, 0) is 24.6 Å². The minimum Gasteiger partial charge on any atom is -0.387 e. The molecule has 1 saturated heterocycles. The Balaban J connectivity index is 1.87. The van der Waals surface area contributed by atoms with E-state index in [0.717, 1.165) is 0 Å². The number of nitrogens with zero attached hydrogens (tertiary/aromatic N) is 2. The van der Waals surface area contributed by atoms with Crippen LogP contribution in [0.3, 0.4) is 0 Å². The lowest BCUT2D eigenvalue weighted by molar-refractivity contribution is -0.155. The summed E-state index contributed by atoms with van der Waals surface area (Å²) in [6, 6.07) is 5.37. The lowest BCUT2D eigenvalue weighted by atomic mass is 10.1. The van der Waals surface area contributed by atoms with Gasteiger partial charge >= 0.3 is 6.18 Å². The lowest BCUT2D eigenvalue weighted by Gasteiger charge is -2.40. The number of aliphatic hydroxyl groups is 1. The molecule has 0 amide bonds. The summed E-state index contributed by atoms with van der Waals surface area (Å²) in [5, 5.41) is 10.1. The van der Waals surface area contributed by atoms with Crippen molar-refractivity contribution in [2.45, 2.75) is 25.2 Å². The van der Waals surface area contributed by atoms with Crippen molar-refractivity contribution in [1.29, 1.82) is 0 Å². The molecule has 0 radical (unpaired) electrons. The Morgan fingerprint density at radius 1 is 1.23 bits per heavy atom. The maximum atomic E-state index is 12.8. The average Bonchev–Trinajstić information content (AvgIpc) is 2.41. The van der Waals surface area contributed by atoms with Crippen LogP contribution in [0.4, 0.5) is 17.6 Å². The zero-order valence-corrected chi connectivity index (χ0v) is 12.4. The highest BCUT2D eigenvalue weighted by Crippen LogP contribution is 2.21. The Hall–Kier alpha value is -1.18. The van der Waals surface area contributed by atoms with Crippen molar-refractivity contribution in [2.75, 3.05) is 32.7 Å². The summed E-state index contributed by atoms with van der Waals surface area (Å²) in [6.45, 7) is 2.43. The van der Waals surface area contributed by atoms with Crippen molar-refractivity contribution in [2.24, 2.45) is 0 Å². The summed E-state index contributed by atoms with van der Waals surface area (Å²) in [4.78, 5) is 3.34. The number of hydrogen-bond acceptors (Lipinski definition) is 3. The third-order valence-corrected chi connectivity index (χ3v) is 3.92. The van der Waals surface area contributed by atoms with Gasteiger partial charge in [-0.25, -0.2) is 4.39 Å². The first-order valence-electron chi connectivity index (χ1n) is 7.21. The van der Waals surface area contributed by atoms with Crippen molar-refractivity contribution in [3.63, 3.8) is 0 Å². The molecule has 0 aromatic heterocycles. The quantitative estimate of drug-likeness (QED) is 0.863. The summed E-state index contributed by atoms with van der Waals surface area (Å²) in [5.41, 5.74) is 0.603. The third kappa shape index (κ3) is 4.93. The topological polar surface area (TPSA) is 26.7 Å². The van der Waals surface area contributed by atoms with E-state index in [2.05, 4.69) is 0 Å². The molecule has 1 N–H and O–H groups in total. The van der Waals surface area contributed by atoms with E-state index in [1.807, 2.05) is 4.90 Å². The molecular formula is C15H20F4N2O. The van der Waals surface area contributed by atoms with Gasteiger partial charge in [-0.1, -0.05) is 12.1 Å². The molecule has 7 heteroatoms. The van der Waals surface area contributed by atoms with Gasteiger partial charge in [-0.2, -0.15) is 13.2 Å². The van der Waals surface area contributed by atoms with Crippen LogP contribution in [0.25, 0.3) is 0 Å². The normalized spacial score (nSPS) is 22.7. The van der Waals surface area contributed by atoms with Crippen LogP contribution in [0, 0.1) is 5.82 Å². The van der Waals surface area contributed by atoms with Crippen molar-refractivity contribution in [3.05, 3.63) is 35.6 Å². The number of rotatable bonds is 4. The molecule has 3 nitrogen and oxygen atoms in total. The van der Waals surface area contributed by atoms with Gasteiger partial charge in [-0.3, -0.25) is 9.80 Å². The molecule has 22 heavy (non-hydrogen) atoms. The van der Waals surface area contributed by atoms with Gasteiger partial charge in [0, 0.05) is 32.2 Å². The molecule has 1 aliphatic rings. The predicted octanol–water partition coefficient (Wildman–Crippen LogP) is 2.43. The Morgan fingerprint density at radius 2 is 1.86 bits per heavy atom. The standard InChI is InChI=1S/C15H20F4N2O/c1-11-8-20(6-7-21(11)10-15(17,18)19)9-14(22)12-2-4-13(16)5-3-12/h2-5,11,14,22H,6-10H2,1H3. The summed E-state index contributed by atoms with van der Waals surface area (Å²) >= 11 is 0. The molecule has 2 unspecified atom stereocenters. The molecule has 2 atom stereocenters. The van der Waals surface area contributed by atoms with E-state index in [9.17, 15) is 22.7 Å². The molecule has 124 valence electrons. The maximum absolute atomic E-state index is 12.8. The van der Waals surface area contributed by atoms with Crippen LogP contribution in [0.15, 0.2) is 24.3 Å². The molecule has 1 heterocycles. The summed E-state index contributed by atoms with van der Waals surface area (Å²) < 4.78 is 50.2. The summed E-state index contributed by atoms with van der Waals surface area (Å²) in [7, 11) is 0. The monoisotopic (exact) mass is 320 g/mol. The molecule has 0 spiro atoms. The van der Waals surface area contributed by atoms with Crippen LogP contribution < -0.4 is 0 Å². The fourth-order valence-corrected chi connectivity index (χ4v) is 2.74. The van der Waals surface area contributed by atoms with Crippen LogP contribution >= 0.6 is 0 Å². The van der Waals surface area contributed by atoms with E-state index in [4.69, 9.17) is 0 Å². The average molecular weight is 320 g/mol. The van der Waals surface area contributed by atoms with E-state index in [1.54, 1.807) is 6.92 Å². The Bertz CT molecular complexity index is 477. The van der Waals surface area contributed by atoms with E-state index in [0.29, 0.717) is 31.7 Å². The first kappa shape index (κ1) is 17.2. The predicted molar refractivity (Wildman–Crippen MR) is 74.9 cm³/mol. The van der Waals surface area contributed by atoms with E-state index >= 15 is 0 Å². The summed E-state index contributed by atoms with van der Waals surface area (Å²) in [5.74, 6) is -0.370. The second-order valence-electron chi connectivity index (χ2n) is 5.76. The zero-order chi connectivity index (χ0) is 16.3. The van der Waals surface area contributed by atoms with Gasteiger partial charge in [0.25, 0.3) is 0 Å². The Labute approximate surface area is 127 Å². The smallest absolute Gasteiger partial charge is 0.387 e. The molecule has 1 aliphatic heterocycles. The first-order valence-corrected chi connectivity index (χ1v) is 7.21. The molecular weight excluding hydrogens is 300 g/mol. The van der Waals surface area contributed by atoms with Crippen LogP contribution in [-0.4, -0.2) is 59.8 Å². The van der Waals surface area contributed by atoms with Gasteiger partial charge in [0.1, 0.15) is 5.82 Å². The molecule has 0 aliphatic carbocycles. The van der Waals surface area contributed by atoms with E-state index < -0.39 is 18.8 Å². The molecule has 1 aromatic rings. The van der Waals surface area contributed by atoms with E-state index in [-0.39, 0.29) is 11.9 Å². The first-order chi connectivity index (χ1) is 10.2. The highest BCUT2D eigenvalue weighted by atomic mass is 19.4. The minimum absolute atomic E-state index is 0.226. The van der Waals surface area contributed by atoms with Crippen LogP contribution in [-0.2, 0) is 0 Å². The van der Waals surface area contributed by atoms with Crippen molar-refractivity contribution >= 4 is 0 Å². The highest BCUT2D eigenvalue weighted by Gasteiger charge is 2.35. The number of hydrogen-bond donors (Lipinski definition) is 1. The van der Waals surface area contributed by atoms with Crippen molar-refractivity contribution in [3.8, 4) is 0 Å². The van der Waals surface area contributed by atoms with Gasteiger partial charge in [0.15, 0.2) is 0 Å². The van der Waals surface area contributed by atoms with Crippen molar-refractivity contribution in [1.82, 2.24) is 9.80 Å². The number of piperazine rings is 1. The Morgan fingerprint density at radius 3 is 2.41 bits per heavy atom. The van der Waals surface area contributed by atoms with Gasteiger partial charge < -0.3 is 5.11 Å². The molecule has 0 bridgehead atoms. The lowest BCUT2D eigenvalue weighted by Crippen LogP contribution is -2.54. The second-order valence-corrected chi connectivity index (χ2v) is 5.76. The molecule has 0 saturated carbocycles. The number of aliphatic hydroxyl groups excluding tert-OH is 1. The number of halogens is 4. The maximum Gasteiger partial charge on any atom is 0.401 e. The van der Waals surface area contributed by atoms with Gasteiger partial charge in [0.05, 0.1) is 12.6 Å². The van der Waals surface area contributed by atoms with Gasteiger partial charge in [-0.15, -0.1) is 0 Å². The fraction of sp³-hybridized carbons (Fsp3) is 0.600. The van der Waals surface area contributed by atoms with Gasteiger partial charge in [0.2, 0.25) is 0 Å². The number of benzene rings is 1. The Kier molecular flexibility index (Phi) is 5.41. The summed E-state index contributed by atoms with van der Waals surface area (Å²) in [6.07, 6.45) is -4.97. The second kappa shape index (κ2) is 6.93. The van der Waals surface area contributed by atoms with Crippen LogP contribution in [0.2, 0.25) is 0 Å². The fourth-order valence-electron chi connectivity index (χ4n) is 2.74. The zero-order valence-electron chi connectivity index (χ0n) is 12.4. The highest BCUT2D eigenvalue weighted by molar-refractivity contribution is 5.18. The molecule has 1 aromatic carbocycles. The number of alkyl halides is 3. The minimum atomic E-state index is -4.19. The van der Waals surface area contributed by atoms with E-state index in [1.165, 1.54) is 29.2 Å². The van der Waals surface area contributed by atoms with Crippen LogP contribution in [0.1, 0.15) is 18.6 Å². The number of β-amino-alcohol motifs (C(OH)–C–C–N with tert-alkyl or cyclic N) is 1. The third-order valence-electron chi connectivity index (χ3n) is 3.92.